The lowest BCUT2D eigenvalue weighted by Crippen LogP contribution is -1.99. The largest absolute Gasteiger partial charge is 0.312 e. The molecule has 0 aliphatic rings. The van der Waals surface area contributed by atoms with Crippen molar-refractivity contribution in [1.29, 1.82) is 0 Å². The van der Waals surface area contributed by atoms with E-state index in [-0.39, 0.29) is 0 Å². The van der Waals surface area contributed by atoms with Crippen molar-refractivity contribution in [2.75, 3.05) is 21.1 Å². The molecule has 0 aliphatic heterocycles. The van der Waals surface area contributed by atoms with Gasteiger partial charge >= 0.3 is 0 Å². The predicted octanol–water partition coefficient (Wildman–Crippen LogP) is 1.84. The SMILES string of the molecule is CC(C)C.CN(C)C. The summed E-state index contributed by atoms with van der Waals surface area (Å²) in [6.45, 7) is 6.50. The first-order chi connectivity index (χ1) is 3.46. The molecule has 0 saturated carbocycles. The molecule has 0 N–H and O–H groups in total. The van der Waals surface area contributed by atoms with Crippen molar-refractivity contribution in [3.8, 4) is 0 Å². The van der Waals surface area contributed by atoms with Crippen LogP contribution in [0.5, 0.6) is 0 Å². The minimum atomic E-state index is 0.833. The van der Waals surface area contributed by atoms with Gasteiger partial charge in [0.25, 0.3) is 0 Å². The third-order valence-corrected chi connectivity index (χ3v) is 0. The van der Waals surface area contributed by atoms with Crippen molar-refractivity contribution < 1.29 is 0 Å². The lowest BCUT2D eigenvalue weighted by atomic mass is 10.3. The molecule has 0 amide bonds. The smallest absolute Gasteiger partial charge is 0.0140 e. The summed E-state index contributed by atoms with van der Waals surface area (Å²) in [7, 11) is 6.00. The van der Waals surface area contributed by atoms with Crippen molar-refractivity contribution in [2.24, 2.45) is 5.92 Å². The maximum absolute atomic E-state index is 2.17. The van der Waals surface area contributed by atoms with Gasteiger partial charge in [-0.1, -0.05) is 20.8 Å². The monoisotopic (exact) mass is 117 g/mol. The Labute approximate surface area is 53.7 Å². The van der Waals surface area contributed by atoms with E-state index < -0.39 is 0 Å². The second kappa shape index (κ2) is 6.96. The molecule has 0 aromatic heterocycles. The normalized spacial score (nSPS) is 9.00. The van der Waals surface area contributed by atoms with Crippen molar-refractivity contribution >= 4 is 0 Å². The van der Waals surface area contributed by atoms with Crippen LogP contribution in [0.2, 0.25) is 0 Å². The van der Waals surface area contributed by atoms with Gasteiger partial charge in [0, 0.05) is 0 Å². The van der Waals surface area contributed by atoms with Gasteiger partial charge in [-0.15, -0.1) is 0 Å². The van der Waals surface area contributed by atoms with E-state index in [1.54, 1.807) is 0 Å². The van der Waals surface area contributed by atoms with Crippen molar-refractivity contribution in [3.63, 3.8) is 0 Å². The summed E-state index contributed by atoms with van der Waals surface area (Å²) in [6, 6.07) is 0. The van der Waals surface area contributed by atoms with E-state index in [4.69, 9.17) is 0 Å². The average Bonchev–Trinajstić information content (AvgIpc) is 1.25. The number of nitrogens with zero attached hydrogens (tertiary/aromatic N) is 1. The summed E-state index contributed by atoms with van der Waals surface area (Å²) in [6.07, 6.45) is 0. The summed E-state index contributed by atoms with van der Waals surface area (Å²) < 4.78 is 0. The fraction of sp³-hybridized carbons (Fsp3) is 1.00. The van der Waals surface area contributed by atoms with Gasteiger partial charge in [0.05, 0.1) is 0 Å². The first-order valence-electron chi connectivity index (χ1n) is 3.07. The number of hydrogen-bond donors (Lipinski definition) is 0. The zero-order valence-corrected chi connectivity index (χ0v) is 7.02. The Morgan fingerprint density at radius 3 is 0.875 bits per heavy atom. The summed E-state index contributed by atoms with van der Waals surface area (Å²) in [5.41, 5.74) is 0. The minimum Gasteiger partial charge on any atom is -0.312 e. The lowest BCUT2D eigenvalue weighted by molar-refractivity contribution is 0.505. The molecule has 0 bridgehead atoms. The van der Waals surface area contributed by atoms with E-state index >= 15 is 0 Å². The minimum absolute atomic E-state index is 0.833. The van der Waals surface area contributed by atoms with E-state index in [0.29, 0.717) is 0 Å². The van der Waals surface area contributed by atoms with Gasteiger partial charge < -0.3 is 4.90 Å². The Hall–Kier alpha value is -0.0400. The van der Waals surface area contributed by atoms with E-state index in [0.717, 1.165) is 5.92 Å². The molecule has 8 heavy (non-hydrogen) atoms. The van der Waals surface area contributed by atoms with Crippen LogP contribution in [0, 0.1) is 5.92 Å². The third-order valence-electron chi connectivity index (χ3n) is 0. The standard InChI is InChI=1S/C4H10.C3H9N/c2*1-4(2)3/h4H,1-3H3;1-3H3. The highest BCUT2D eigenvalue weighted by Crippen LogP contribution is 1.81. The van der Waals surface area contributed by atoms with Gasteiger partial charge in [-0.2, -0.15) is 0 Å². The fourth-order valence-electron chi connectivity index (χ4n) is 0. The Morgan fingerprint density at radius 1 is 0.875 bits per heavy atom. The Kier molecular flexibility index (Phi) is 9.44. The van der Waals surface area contributed by atoms with Crippen LogP contribution in [-0.2, 0) is 0 Å². The molecule has 0 aromatic rings. The molecule has 0 atom stereocenters. The van der Waals surface area contributed by atoms with Gasteiger partial charge in [-0.3, -0.25) is 0 Å². The van der Waals surface area contributed by atoms with Crippen LogP contribution in [0.25, 0.3) is 0 Å². The molecule has 52 valence electrons. The highest BCUT2D eigenvalue weighted by molar-refractivity contribution is 4.20. The van der Waals surface area contributed by atoms with Crippen molar-refractivity contribution in [3.05, 3.63) is 0 Å². The highest BCUT2D eigenvalue weighted by Gasteiger charge is 1.68. The maximum atomic E-state index is 2.17. The summed E-state index contributed by atoms with van der Waals surface area (Å²) >= 11 is 0. The summed E-state index contributed by atoms with van der Waals surface area (Å²) in [5, 5.41) is 0. The zero-order valence-electron chi connectivity index (χ0n) is 7.02. The molecule has 0 rings (SSSR count). The van der Waals surface area contributed by atoms with E-state index in [2.05, 4.69) is 20.8 Å². The van der Waals surface area contributed by atoms with Gasteiger partial charge in [-0.05, 0) is 27.1 Å². The Balaban J connectivity index is 0. The summed E-state index contributed by atoms with van der Waals surface area (Å²) in [5.74, 6) is 0.833. The molecule has 0 aromatic carbocycles. The topological polar surface area (TPSA) is 3.24 Å². The Morgan fingerprint density at radius 2 is 0.875 bits per heavy atom. The molecular weight excluding hydrogens is 98.1 g/mol. The van der Waals surface area contributed by atoms with Crippen LogP contribution in [0.15, 0.2) is 0 Å². The van der Waals surface area contributed by atoms with Crippen LogP contribution >= 0.6 is 0 Å². The molecule has 0 radical (unpaired) electrons. The van der Waals surface area contributed by atoms with E-state index in [9.17, 15) is 0 Å². The fourth-order valence-corrected chi connectivity index (χ4v) is 0. The zero-order chi connectivity index (χ0) is 7.15. The molecule has 0 saturated heterocycles. The van der Waals surface area contributed by atoms with Gasteiger partial charge in [0.2, 0.25) is 0 Å². The molecule has 0 heterocycles. The molecule has 0 fully saturated rings. The van der Waals surface area contributed by atoms with Crippen LogP contribution in [0.3, 0.4) is 0 Å². The summed E-state index contributed by atoms with van der Waals surface area (Å²) in [4.78, 5) is 2.00. The molecule has 0 spiro atoms. The van der Waals surface area contributed by atoms with Crippen LogP contribution in [0.1, 0.15) is 20.8 Å². The predicted molar refractivity (Wildman–Crippen MR) is 40.1 cm³/mol. The van der Waals surface area contributed by atoms with Gasteiger partial charge in [-0.25, -0.2) is 0 Å². The van der Waals surface area contributed by atoms with Gasteiger partial charge in [0.15, 0.2) is 0 Å². The van der Waals surface area contributed by atoms with E-state index in [1.807, 2.05) is 26.0 Å². The van der Waals surface area contributed by atoms with E-state index in [1.165, 1.54) is 0 Å². The molecule has 0 aliphatic carbocycles. The van der Waals surface area contributed by atoms with Crippen molar-refractivity contribution in [2.45, 2.75) is 20.8 Å². The lowest BCUT2D eigenvalue weighted by Gasteiger charge is -1.90. The molecule has 0 unspecified atom stereocenters. The van der Waals surface area contributed by atoms with Crippen LogP contribution in [-0.4, -0.2) is 26.0 Å². The molecule has 1 nitrogen and oxygen atoms in total. The maximum Gasteiger partial charge on any atom is -0.0140 e. The first-order valence-corrected chi connectivity index (χ1v) is 3.07. The van der Waals surface area contributed by atoms with Crippen LogP contribution < -0.4 is 0 Å². The first kappa shape index (κ1) is 10.9. The van der Waals surface area contributed by atoms with Crippen LogP contribution in [0.4, 0.5) is 0 Å². The second-order valence-electron chi connectivity index (χ2n) is 3.07. The molecular formula is C7H19N. The third kappa shape index (κ3) is 91600. The highest BCUT2D eigenvalue weighted by atomic mass is 15.0. The molecule has 1 heteroatoms. The number of rotatable bonds is 0. The quantitative estimate of drug-likeness (QED) is 0.468. The Bertz CT molecular complexity index is 19.9. The van der Waals surface area contributed by atoms with Crippen molar-refractivity contribution in [1.82, 2.24) is 4.90 Å². The average molecular weight is 117 g/mol. The van der Waals surface area contributed by atoms with Gasteiger partial charge in [0.1, 0.15) is 0 Å². The second-order valence-corrected chi connectivity index (χ2v) is 3.07. The number of hydrogen-bond acceptors (Lipinski definition) is 1.